The van der Waals surface area contributed by atoms with Crippen molar-refractivity contribution >= 4 is 22.2 Å². The van der Waals surface area contributed by atoms with Crippen LogP contribution in [0.3, 0.4) is 0 Å². The number of aromatic amines is 1. The van der Waals surface area contributed by atoms with Gasteiger partial charge in [-0.3, -0.25) is 4.40 Å². The van der Waals surface area contributed by atoms with Crippen LogP contribution in [0, 0.1) is 6.92 Å². The second kappa shape index (κ2) is 5.87. The van der Waals surface area contributed by atoms with Crippen molar-refractivity contribution in [3.05, 3.63) is 48.0 Å². The number of nitrogen functional groups attached to an aromatic ring is 1. The minimum atomic E-state index is 0.498. The van der Waals surface area contributed by atoms with Crippen molar-refractivity contribution in [2.24, 2.45) is 0 Å². The molecule has 0 saturated heterocycles. The summed E-state index contributed by atoms with van der Waals surface area (Å²) in [5.41, 5.74) is 11.5. The fourth-order valence-electron chi connectivity index (χ4n) is 4.36. The molecule has 0 amide bonds. The van der Waals surface area contributed by atoms with Gasteiger partial charge in [-0.2, -0.15) is 0 Å². The first kappa shape index (κ1) is 15.4. The molecule has 5 rings (SSSR count). The van der Waals surface area contributed by atoms with Crippen LogP contribution in [0.5, 0.6) is 0 Å². The van der Waals surface area contributed by atoms with E-state index in [1.807, 2.05) is 6.20 Å². The molecule has 4 aromatic rings. The quantitative estimate of drug-likeness (QED) is 0.547. The minimum Gasteiger partial charge on any atom is -0.382 e. The van der Waals surface area contributed by atoms with E-state index in [0.717, 1.165) is 28.2 Å². The molecule has 0 radical (unpaired) electrons. The van der Waals surface area contributed by atoms with E-state index in [9.17, 15) is 0 Å². The number of para-hydroxylation sites is 1. The number of hydrogen-bond donors (Lipinski definition) is 2. The Hall–Kier alpha value is -2.82. The van der Waals surface area contributed by atoms with Crippen LogP contribution in [0.15, 0.2) is 36.7 Å². The molecule has 5 nitrogen and oxygen atoms in total. The maximum Gasteiger partial charge on any atom is 0.150 e. The Balaban J connectivity index is 1.75. The number of hydrogen-bond acceptors (Lipinski definition) is 3. The second-order valence-electron chi connectivity index (χ2n) is 7.41. The molecule has 1 fully saturated rings. The van der Waals surface area contributed by atoms with Crippen molar-refractivity contribution in [3.8, 4) is 11.4 Å². The Morgan fingerprint density at radius 3 is 2.85 bits per heavy atom. The fraction of sp³-hybridized carbons (Fsp3) is 0.333. The van der Waals surface area contributed by atoms with Crippen molar-refractivity contribution in [2.45, 2.75) is 44.9 Å². The van der Waals surface area contributed by atoms with E-state index in [4.69, 9.17) is 10.7 Å². The van der Waals surface area contributed by atoms with Gasteiger partial charge in [-0.25, -0.2) is 9.97 Å². The molecule has 0 bridgehead atoms. The van der Waals surface area contributed by atoms with Crippen LogP contribution in [0.25, 0.3) is 27.8 Å². The van der Waals surface area contributed by atoms with Gasteiger partial charge in [0.1, 0.15) is 22.9 Å². The summed E-state index contributed by atoms with van der Waals surface area (Å²) in [4.78, 5) is 13.0. The largest absolute Gasteiger partial charge is 0.382 e. The highest BCUT2D eigenvalue weighted by atomic mass is 15.1. The Morgan fingerprint density at radius 2 is 2.04 bits per heavy atom. The molecule has 1 saturated carbocycles. The highest BCUT2D eigenvalue weighted by molar-refractivity contribution is 5.92. The number of rotatable bonds is 2. The van der Waals surface area contributed by atoms with Gasteiger partial charge in [0, 0.05) is 29.2 Å². The number of aromatic nitrogens is 4. The van der Waals surface area contributed by atoms with Crippen molar-refractivity contribution in [3.63, 3.8) is 0 Å². The van der Waals surface area contributed by atoms with E-state index < -0.39 is 0 Å². The average molecular weight is 345 g/mol. The lowest BCUT2D eigenvalue weighted by Gasteiger charge is -2.20. The first-order valence-corrected chi connectivity index (χ1v) is 9.43. The average Bonchev–Trinajstić information content (AvgIpc) is 3.25. The van der Waals surface area contributed by atoms with Gasteiger partial charge in [-0.05, 0) is 31.4 Å². The summed E-state index contributed by atoms with van der Waals surface area (Å²) in [7, 11) is 0. The van der Waals surface area contributed by atoms with E-state index in [1.54, 1.807) is 6.20 Å². The molecule has 3 N–H and O–H groups in total. The zero-order valence-corrected chi connectivity index (χ0v) is 15.0. The van der Waals surface area contributed by atoms with E-state index in [-0.39, 0.29) is 0 Å². The smallest absolute Gasteiger partial charge is 0.150 e. The number of H-pyrrole nitrogens is 1. The van der Waals surface area contributed by atoms with Gasteiger partial charge >= 0.3 is 0 Å². The monoisotopic (exact) mass is 345 g/mol. The van der Waals surface area contributed by atoms with E-state index in [1.165, 1.54) is 43.1 Å². The van der Waals surface area contributed by atoms with Gasteiger partial charge < -0.3 is 10.7 Å². The lowest BCUT2D eigenvalue weighted by atomic mass is 9.89. The van der Waals surface area contributed by atoms with Crippen molar-refractivity contribution in [1.29, 1.82) is 0 Å². The molecule has 1 aliphatic carbocycles. The van der Waals surface area contributed by atoms with Crippen LogP contribution >= 0.6 is 0 Å². The molecule has 3 heterocycles. The predicted molar refractivity (Wildman–Crippen MR) is 105 cm³/mol. The predicted octanol–water partition coefficient (Wildman–Crippen LogP) is 4.82. The maximum absolute atomic E-state index is 6.28. The summed E-state index contributed by atoms with van der Waals surface area (Å²) in [6.45, 7) is 2.12. The molecule has 0 spiro atoms. The SMILES string of the molecule is Cc1cccc2cc(-c3nc(C4CCCCC4)n4ccnc(N)c34)[nH]c12. The number of fused-ring (bicyclic) bond motifs is 2. The third-order valence-electron chi connectivity index (χ3n) is 5.70. The van der Waals surface area contributed by atoms with Crippen molar-refractivity contribution < 1.29 is 0 Å². The van der Waals surface area contributed by atoms with E-state index >= 15 is 0 Å². The van der Waals surface area contributed by atoms with Crippen LogP contribution < -0.4 is 5.73 Å². The summed E-state index contributed by atoms with van der Waals surface area (Å²) >= 11 is 0. The van der Waals surface area contributed by atoms with E-state index in [0.29, 0.717) is 11.7 Å². The first-order chi connectivity index (χ1) is 12.7. The van der Waals surface area contributed by atoms with Gasteiger partial charge in [-0.15, -0.1) is 0 Å². The Bertz CT molecular complexity index is 1100. The molecular weight excluding hydrogens is 322 g/mol. The Labute approximate surface area is 152 Å². The number of anilines is 1. The molecule has 0 atom stereocenters. The summed E-state index contributed by atoms with van der Waals surface area (Å²) in [6, 6.07) is 8.51. The van der Waals surface area contributed by atoms with Gasteiger partial charge in [0.2, 0.25) is 0 Å². The number of nitrogens with two attached hydrogens (primary N) is 1. The zero-order chi connectivity index (χ0) is 17.7. The van der Waals surface area contributed by atoms with Crippen molar-refractivity contribution in [2.75, 3.05) is 5.73 Å². The molecule has 3 aromatic heterocycles. The molecule has 132 valence electrons. The third-order valence-corrected chi connectivity index (χ3v) is 5.70. The summed E-state index contributed by atoms with van der Waals surface area (Å²) in [5.74, 6) is 2.16. The zero-order valence-electron chi connectivity index (χ0n) is 15.0. The van der Waals surface area contributed by atoms with Crippen LogP contribution in [-0.4, -0.2) is 19.4 Å². The second-order valence-corrected chi connectivity index (χ2v) is 7.41. The first-order valence-electron chi connectivity index (χ1n) is 9.43. The Kier molecular flexibility index (Phi) is 3.48. The molecule has 0 unspecified atom stereocenters. The molecule has 26 heavy (non-hydrogen) atoms. The number of nitrogens with one attached hydrogen (secondary N) is 1. The standard InChI is InChI=1S/C21H23N5/c1-13-6-5-9-15-12-16(24-17(13)15)18-19-20(22)23-10-11-26(19)21(25-18)14-7-3-2-4-8-14/h5-6,9-12,14,24H,2-4,7-8H2,1H3,(H2,22,23). The lowest BCUT2D eigenvalue weighted by molar-refractivity contribution is 0.428. The maximum atomic E-state index is 6.28. The minimum absolute atomic E-state index is 0.498. The topological polar surface area (TPSA) is 72.0 Å². The lowest BCUT2D eigenvalue weighted by Crippen LogP contribution is -2.09. The van der Waals surface area contributed by atoms with Crippen LogP contribution in [0.4, 0.5) is 5.82 Å². The molecule has 1 aliphatic rings. The van der Waals surface area contributed by atoms with E-state index in [2.05, 4.69) is 45.6 Å². The normalized spacial score (nSPS) is 15.9. The highest BCUT2D eigenvalue weighted by Gasteiger charge is 2.24. The van der Waals surface area contributed by atoms with Crippen LogP contribution in [-0.2, 0) is 0 Å². The number of aryl methyl sites for hydroxylation is 1. The fourth-order valence-corrected chi connectivity index (χ4v) is 4.36. The molecule has 0 aliphatic heterocycles. The summed E-state index contributed by atoms with van der Waals surface area (Å²) in [5, 5.41) is 1.20. The molecule has 1 aromatic carbocycles. The van der Waals surface area contributed by atoms with Crippen LogP contribution in [0.1, 0.15) is 49.4 Å². The van der Waals surface area contributed by atoms with Gasteiger partial charge in [0.25, 0.3) is 0 Å². The summed E-state index contributed by atoms with van der Waals surface area (Å²) in [6.07, 6.45) is 10.1. The number of benzene rings is 1. The highest BCUT2D eigenvalue weighted by Crippen LogP contribution is 2.37. The molecular formula is C21H23N5. The van der Waals surface area contributed by atoms with Crippen molar-refractivity contribution in [1.82, 2.24) is 19.4 Å². The third kappa shape index (κ3) is 2.30. The Morgan fingerprint density at radius 1 is 1.19 bits per heavy atom. The van der Waals surface area contributed by atoms with Gasteiger partial charge in [0.05, 0.1) is 5.69 Å². The van der Waals surface area contributed by atoms with Gasteiger partial charge in [-0.1, -0.05) is 37.5 Å². The number of imidazole rings is 1. The summed E-state index contributed by atoms with van der Waals surface area (Å²) < 4.78 is 2.16. The molecule has 5 heteroatoms. The van der Waals surface area contributed by atoms with Gasteiger partial charge in [0.15, 0.2) is 0 Å². The number of nitrogens with zero attached hydrogens (tertiary/aromatic N) is 3. The van der Waals surface area contributed by atoms with Crippen LogP contribution in [0.2, 0.25) is 0 Å².